The van der Waals surface area contributed by atoms with Crippen molar-refractivity contribution in [3.63, 3.8) is 0 Å². The topological polar surface area (TPSA) is 68.3 Å². The quantitative estimate of drug-likeness (QED) is 0.864. The number of anilines is 1. The van der Waals surface area contributed by atoms with Gasteiger partial charge in [0.05, 0.1) is 16.6 Å². The zero-order valence-electron chi connectivity index (χ0n) is 10.0. The van der Waals surface area contributed by atoms with Crippen molar-refractivity contribution in [1.82, 2.24) is 4.98 Å². The Balaban J connectivity index is 2.16. The van der Waals surface area contributed by atoms with Crippen molar-refractivity contribution < 1.29 is 13.2 Å². The van der Waals surface area contributed by atoms with Crippen LogP contribution in [0.5, 0.6) is 0 Å². The van der Waals surface area contributed by atoms with E-state index in [0.717, 1.165) is 0 Å². The number of nitrogens with one attached hydrogen (secondary N) is 1. The molecule has 0 radical (unpaired) electrons. The molecule has 2 heterocycles. The van der Waals surface area contributed by atoms with Crippen molar-refractivity contribution >= 4 is 27.3 Å². The van der Waals surface area contributed by atoms with Crippen LogP contribution < -0.4 is 4.72 Å². The van der Waals surface area contributed by atoms with E-state index in [1.807, 2.05) is 0 Å². The van der Waals surface area contributed by atoms with Crippen molar-refractivity contribution in [2.45, 2.75) is 25.0 Å². The zero-order valence-corrected chi connectivity index (χ0v) is 11.6. The molecule has 0 aromatic carbocycles. The van der Waals surface area contributed by atoms with Gasteiger partial charge in [-0.25, -0.2) is 13.4 Å². The van der Waals surface area contributed by atoms with Gasteiger partial charge in [0, 0.05) is 13.2 Å². The molecule has 0 spiro atoms. The Labute approximate surface area is 112 Å². The highest BCUT2D eigenvalue weighted by Crippen LogP contribution is 2.22. The van der Waals surface area contributed by atoms with Gasteiger partial charge in [0.25, 0.3) is 0 Å². The number of ether oxygens (including phenoxy) is 1. The van der Waals surface area contributed by atoms with E-state index in [9.17, 15) is 8.42 Å². The number of pyridine rings is 1. The lowest BCUT2D eigenvalue weighted by molar-refractivity contribution is 0.0984. The molecule has 1 aromatic rings. The molecular formula is C11H15ClN2O3S. The fourth-order valence-electron chi connectivity index (χ4n) is 1.86. The molecule has 1 fully saturated rings. The number of hydrogen-bond acceptors (Lipinski definition) is 4. The lowest BCUT2D eigenvalue weighted by Gasteiger charge is -2.23. The van der Waals surface area contributed by atoms with E-state index in [1.165, 1.54) is 0 Å². The van der Waals surface area contributed by atoms with Crippen LogP contribution in [0.3, 0.4) is 0 Å². The first-order valence-electron chi connectivity index (χ1n) is 5.71. The van der Waals surface area contributed by atoms with Crippen molar-refractivity contribution in [3.05, 3.63) is 23.0 Å². The van der Waals surface area contributed by atoms with Crippen LogP contribution >= 0.6 is 11.6 Å². The van der Waals surface area contributed by atoms with Gasteiger partial charge >= 0.3 is 0 Å². The standard InChI is InChI=1S/C11H15ClN2O3S/c1-8-10(2-3-11(12)13-8)14-18(15,16)9-4-6-17-7-5-9/h2-3,9,14H,4-7H2,1H3. The molecular weight excluding hydrogens is 276 g/mol. The second-order valence-corrected chi connectivity index (χ2v) is 6.57. The fraction of sp³-hybridized carbons (Fsp3) is 0.545. The van der Waals surface area contributed by atoms with Crippen molar-refractivity contribution in [2.75, 3.05) is 17.9 Å². The molecule has 0 saturated carbocycles. The maximum absolute atomic E-state index is 12.2. The van der Waals surface area contributed by atoms with Gasteiger partial charge in [-0.15, -0.1) is 0 Å². The SMILES string of the molecule is Cc1nc(Cl)ccc1NS(=O)(=O)C1CCOCC1. The summed E-state index contributed by atoms with van der Waals surface area (Å²) in [4.78, 5) is 4.02. The van der Waals surface area contributed by atoms with E-state index in [4.69, 9.17) is 16.3 Å². The molecule has 1 aliphatic heterocycles. The number of nitrogens with zero attached hydrogens (tertiary/aromatic N) is 1. The molecule has 1 aliphatic rings. The van der Waals surface area contributed by atoms with Crippen molar-refractivity contribution in [1.29, 1.82) is 0 Å². The molecule has 1 N–H and O–H groups in total. The molecule has 1 aromatic heterocycles. The van der Waals surface area contributed by atoms with Crippen LogP contribution in [0.25, 0.3) is 0 Å². The summed E-state index contributed by atoms with van der Waals surface area (Å²) in [5, 5.41) is -0.0529. The Morgan fingerprint density at radius 2 is 2.06 bits per heavy atom. The van der Waals surface area contributed by atoms with Crippen LogP contribution in [0, 0.1) is 6.92 Å². The predicted molar refractivity (Wildman–Crippen MR) is 70.4 cm³/mol. The van der Waals surface area contributed by atoms with Crippen LogP contribution in [0.2, 0.25) is 5.15 Å². The molecule has 0 atom stereocenters. The Bertz CT molecular complexity index is 527. The Hall–Kier alpha value is -0.850. The summed E-state index contributed by atoms with van der Waals surface area (Å²) >= 11 is 5.73. The first kappa shape index (κ1) is 13.6. The Morgan fingerprint density at radius 3 is 2.67 bits per heavy atom. The molecule has 1 saturated heterocycles. The fourth-order valence-corrected chi connectivity index (χ4v) is 3.55. The van der Waals surface area contributed by atoms with Crippen LogP contribution in [-0.2, 0) is 14.8 Å². The summed E-state index contributed by atoms with van der Waals surface area (Å²) in [6, 6.07) is 3.19. The number of hydrogen-bond donors (Lipinski definition) is 1. The van der Waals surface area contributed by atoms with Gasteiger partial charge in [-0.05, 0) is 31.9 Å². The summed E-state index contributed by atoms with van der Waals surface area (Å²) in [5.41, 5.74) is 1.05. The lowest BCUT2D eigenvalue weighted by Crippen LogP contribution is -2.33. The summed E-state index contributed by atoms with van der Waals surface area (Å²) in [5.74, 6) is 0. The van der Waals surface area contributed by atoms with Crippen LogP contribution in [0.4, 0.5) is 5.69 Å². The zero-order chi connectivity index (χ0) is 13.2. The van der Waals surface area contributed by atoms with Gasteiger partial charge in [0.1, 0.15) is 5.15 Å². The third-order valence-electron chi connectivity index (χ3n) is 2.91. The summed E-state index contributed by atoms with van der Waals surface area (Å²) in [7, 11) is -3.38. The number of rotatable bonds is 3. The molecule has 0 unspecified atom stereocenters. The maximum atomic E-state index is 12.2. The van der Waals surface area contributed by atoms with Gasteiger partial charge in [0.15, 0.2) is 0 Å². The minimum absolute atomic E-state index is 0.349. The first-order valence-corrected chi connectivity index (χ1v) is 7.64. The van der Waals surface area contributed by atoms with Crippen LogP contribution in [0.1, 0.15) is 18.5 Å². The van der Waals surface area contributed by atoms with Crippen molar-refractivity contribution in [2.24, 2.45) is 0 Å². The third-order valence-corrected chi connectivity index (χ3v) is 4.98. The third kappa shape index (κ3) is 3.13. The average molecular weight is 291 g/mol. The minimum Gasteiger partial charge on any atom is -0.381 e. The summed E-state index contributed by atoms with van der Waals surface area (Å²) < 4.78 is 32.1. The predicted octanol–water partition coefficient (Wildman–Crippen LogP) is 1.96. The van der Waals surface area contributed by atoms with E-state index >= 15 is 0 Å². The van der Waals surface area contributed by atoms with E-state index in [-0.39, 0.29) is 0 Å². The molecule has 100 valence electrons. The van der Waals surface area contributed by atoms with Gasteiger partial charge < -0.3 is 4.74 Å². The second kappa shape index (κ2) is 5.42. The van der Waals surface area contributed by atoms with Crippen LogP contribution in [-0.4, -0.2) is 31.9 Å². The molecule has 2 rings (SSSR count). The second-order valence-electron chi connectivity index (χ2n) is 4.23. The highest BCUT2D eigenvalue weighted by atomic mass is 35.5. The smallest absolute Gasteiger partial charge is 0.235 e. The molecule has 0 amide bonds. The lowest BCUT2D eigenvalue weighted by atomic mass is 10.2. The summed E-state index contributed by atoms with van der Waals surface area (Å²) in [6.07, 6.45) is 1.05. The maximum Gasteiger partial charge on any atom is 0.235 e. The van der Waals surface area contributed by atoms with E-state index < -0.39 is 15.3 Å². The Kier molecular flexibility index (Phi) is 4.09. The minimum atomic E-state index is -3.38. The number of sulfonamides is 1. The van der Waals surface area contributed by atoms with E-state index in [0.29, 0.717) is 42.6 Å². The summed E-state index contributed by atoms with van der Waals surface area (Å²) in [6.45, 7) is 2.70. The van der Waals surface area contributed by atoms with Crippen LogP contribution in [0.15, 0.2) is 12.1 Å². The highest BCUT2D eigenvalue weighted by Gasteiger charge is 2.28. The van der Waals surface area contributed by atoms with Gasteiger partial charge in [0.2, 0.25) is 10.0 Å². The molecule has 0 bridgehead atoms. The highest BCUT2D eigenvalue weighted by molar-refractivity contribution is 7.93. The van der Waals surface area contributed by atoms with E-state index in [2.05, 4.69) is 9.71 Å². The average Bonchev–Trinajstić information content (AvgIpc) is 2.34. The molecule has 0 aliphatic carbocycles. The number of halogens is 1. The number of aryl methyl sites for hydroxylation is 1. The van der Waals surface area contributed by atoms with Gasteiger partial charge in [-0.2, -0.15) is 0 Å². The Morgan fingerprint density at radius 1 is 1.39 bits per heavy atom. The van der Waals surface area contributed by atoms with Gasteiger partial charge in [-0.1, -0.05) is 11.6 Å². The largest absolute Gasteiger partial charge is 0.381 e. The molecule has 5 nitrogen and oxygen atoms in total. The normalized spacial score (nSPS) is 17.7. The number of aromatic nitrogens is 1. The van der Waals surface area contributed by atoms with E-state index in [1.54, 1.807) is 19.1 Å². The molecule has 18 heavy (non-hydrogen) atoms. The van der Waals surface area contributed by atoms with Gasteiger partial charge in [-0.3, -0.25) is 4.72 Å². The van der Waals surface area contributed by atoms with Crippen molar-refractivity contribution in [3.8, 4) is 0 Å². The monoisotopic (exact) mass is 290 g/mol. The molecule has 7 heteroatoms. The first-order chi connectivity index (χ1) is 8.49.